The van der Waals surface area contributed by atoms with Gasteiger partial charge in [-0.05, 0) is 18.6 Å². The summed E-state index contributed by atoms with van der Waals surface area (Å²) < 4.78 is 5.97. The summed E-state index contributed by atoms with van der Waals surface area (Å²) in [5.74, 6) is 2.40. The molecule has 0 spiro atoms. The number of hydrogen-bond acceptors (Lipinski definition) is 4. The van der Waals surface area contributed by atoms with E-state index >= 15 is 0 Å². The van der Waals surface area contributed by atoms with Crippen LogP contribution in [0.2, 0.25) is 0 Å². The van der Waals surface area contributed by atoms with Gasteiger partial charge < -0.3 is 9.73 Å². The van der Waals surface area contributed by atoms with Crippen LogP contribution in [0.25, 0.3) is 22.4 Å². The lowest BCUT2D eigenvalue weighted by atomic mass is 10.2. The first-order valence-electron chi connectivity index (χ1n) is 6.76. The fourth-order valence-electron chi connectivity index (χ4n) is 2.24. The molecule has 4 heteroatoms. The molecule has 0 saturated heterocycles. The molecule has 1 N–H and O–H groups in total. The Morgan fingerprint density at radius 3 is 2.75 bits per heavy atom. The van der Waals surface area contributed by atoms with Crippen molar-refractivity contribution in [3.05, 3.63) is 41.7 Å². The molecule has 0 amide bonds. The molecule has 0 saturated carbocycles. The zero-order valence-corrected chi connectivity index (χ0v) is 11.9. The number of aromatic nitrogens is 2. The number of fused-ring (bicyclic) bond motifs is 1. The standard InChI is InChI=1S/C16H17N3O/c1-4-14-18-12(9-15(17-3)19-14)13-8-11-7-5-6-10(2)16(11)20-13/h5-9H,4H2,1-3H3,(H,17,18,19). The van der Waals surface area contributed by atoms with E-state index in [0.29, 0.717) is 0 Å². The fourth-order valence-corrected chi connectivity index (χ4v) is 2.24. The monoisotopic (exact) mass is 267 g/mol. The van der Waals surface area contributed by atoms with Crippen molar-refractivity contribution in [3.63, 3.8) is 0 Å². The van der Waals surface area contributed by atoms with Crippen molar-refractivity contribution in [1.29, 1.82) is 0 Å². The molecule has 0 radical (unpaired) electrons. The van der Waals surface area contributed by atoms with Crippen molar-refractivity contribution >= 4 is 16.8 Å². The summed E-state index contributed by atoms with van der Waals surface area (Å²) in [6, 6.07) is 10.1. The number of hydrogen-bond donors (Lipinski definition) is 1. The number of rotatable bonds is 3. The van der Waals surface area contributed by atoms with Crippen LogP contribution in [-0.2, 0) is 6.42 Å². The lowest BCUT2D eigenvalue weighted by molar-refractivity contribution is 0.625. The van der Waals surface area contributed by atoms with Crippen molar-refractivity contribution in [3.8, 4) is 11.5 Å². The second-order valence-corrected chi connectivity index (χ2v) is 4.76. The highest BCUT2D eigenvalue weighted by atomic mass is 16.3. The zero-order chi connectivity index (χ0) is 14.1. The van der Waals surface area contributed by atoms with Gasteiger partial charge in [-0.3, -0.25) is 0 Å². The Kier molecular flexibility index (Phi) is 3.14. The van der Waals surface area contributed by atoms with Crippen molar-refractivity contribution < 1.29 is 4.42 Å². The van der Waals surface area contributed by atoms with Gasteiger partial charge in [-0.15, -0.1) is 0 Å². The van der Waals surface area contributed by atoms with Gasteiger partial charge in [-0.25, -0.2) is 9.97 Å². The molecule has 20 heavy (non-hydrogen) atoms. The Bertz CT molecular complexity index is 739. The Labute approximate surface area is 117 Å². The Morgan fingerprint density at radius 2 is 2.05 bits per heavy atom. The number of furan rings is 1. The van der Waals surface area contributed by atoms with Gasteiger partial charge in [0.2, 0.25) is 0 Å². The van der Waals surface area contributed by atoms with Crippen LogP contribution in [0.15, 0.2) is 34.7 Å². The molecule has 0 atom stereocenters. The van der Waals surface area contributed by atoms with E-state index in [-0.39, 0.29) is 0 Å². The maximum atomic E-state index is 5.97. The van der Waals surface area contributed by atoms with Crippen LogP contribution in [-0.4, -0.2) is 17.0 Å². The SMILES string of the molecule is CCc1nc(NC)cc(-c2cc3cccc(C)c3o2)n1. The summed E-state index contributed by atoms with van der Waals surface area (Å²) in [4.78, 5) is 8.95. The third-order valence-corrected chi connectivity index (χ3v) is 3.34. The third kappa shape index (κ3) is 2.13. The second-order valence-electron chi connectivity index (χ2n) is 4.76. The predicted molar refractivity (Wildman–Crippen MR) is 80.9 cm³/mol. The number of para-hydroxylation sites is 1. The van der Waals surface area contributed by atoms with E-state index in [1.807, 2.05) is 45.2 Å². The van der Waals surface area contributed by atoms with Crippen molar-refractivity contribution in [2.75, 3.05) is 12.4 Å². The first-order chi connectivity index (χ1) is 9.71. The summed E-state index contributed by atoms with van der Waals surface area (Å²) in [5.41, 5.74) is 2.87. The van der Waals surface area contributed by atoms with Gasteiger partial charge in [-0.2, -0.15) is 0 Å². The number of nitrogens with one attached hydrogen (secondary N) is 1. The van der Waals surface area contributed by atoms with E-state index in [9.17, 15) is 0 Å². The summed E-state index contributed by atoms with van der Waals surface area (Å²) in [7, 11) is 1.86. The number of nitrogens with zero attached hydrogens (tertiary/aromatic N) is 2. The quantitative estimate of drug-likeness (QED) is 0.784. The van der Waals surface area contributed by atoms with Crippen LogP contribution < -0.4 is 5.32 Å². The van der Waals surface area contributed by atoms with Gasteiger partial charge in [0.05, 0.1) is 0 Å². The average molecular weight is 267 g/mol. The summed E-state index contributed by atoms with van der Waals surface area (Å²) in [6.45, 7) is 4.09. The average Bonchev–Trinajstić information content (AvgIpc) is 2.92. The van der Waals surface area contributed by atoms with Gasteiger partial charge >= 0.3 is 0 Å². The maximum Gasteiger partial charge on any atom is 0.154 e. The second kappa shape index (κ2) is 4.96. The van der Waals surface area contributed by atoms with Crippen LogP contribution in [0.4, 0.5) is 5.82 Å². The van der Waals surface area contributed by atoms with Gasteiger partial charge in [0.25, 0.3) is 0 Å². The molecule has 0 unspecified atom stereocenters. The Hall–Kier alpha value is -2.36. The van der Waals surface area contributed by atoms with Crippen LogP contribution in [0.1, 0.15) is 18.3 Å². The molecule has 1 aromatic carbocycles. The van der Waals surface area contributed by atoms with E-state index in [2.05, 4.69) is 21.4 Å². The van der Waals surface area contributed by atoms with E-state index in [1.165, 1.54) is 0 Å². The Balaban J connectivity index is 2.17. The van der Waals surface area contributed by atoms with E-state index < -0.39 is 0 Å². The minimum Gasteiger partial charge on any atom is -0.454 e. The summed E-state index contributed by atoms with van der Waals surface area (Å²) in [6.07, 6.45) is 0.793. The molecule has 0 bridgehead atoms. The molecule has 2 aromatic heterocycles. The molecule has 4 nitrogen and oxygen atoms in total. The van der Waals surface area contributed by atoms with E-state index in [0.717, 1.165) is 46.0 Å². The fraction of sp³-hybridized carbons (Fsp3) is 0.250. The highest BCUT2D eigenvalue weighted by Gasteiger charge is 2.11. The van der Waals surface area contributed by atoms with Crippen molar-refractivity contribution in [2.45, 2.75) is 20.3 Å². The number of benzene rings is 1. The molecular weight excluding hydrogens is 250 g/mol. The first kappa shape index (κ1) is 12.7. The minimum absolute atomic E-state index is 0.780. The lowest BCUT2D eigenvalue weighted by Gasteiger charge is -2.04. The van der Waals surface area contributed by atoms with Gasteiger partial charge in [0.15, 0.2) is 5.76 Å². The molecule has 2 heterocycles. The molecular formula is C16H17N3O. The van der Waals surface area contributed by atoms with Gasteiger partial charge in [0, 0.05) is 24.9 Å². The largest absolute Gasteiger partial charge is 0.454 e. The third-order valence-electron chi connectivity index (χ3n) is 3.34. The molecule has 3 rings (SSSR count). The zero-order valence-electron chi connectivity index (χ0n) is 11.9. The van der Waals surface area contributed by atoms with Crippen molar-refractivity contribution in [2.24, 2.45) is 0 Å². The van der Waals surface area contributed by atoms with Gasteiger partial charge in [-0.1, -0.05) is 25.1 Å². The normalized spacial score (nSPS) is 10.9. The lowest BCUT2D eigenvalue weighted by Crippen LogP contribution is -2.00. The molecule has 3 aromatic rings. The molecule has 102 valence electrons. The van der Waals surface area contributed by atoms with Crippen LogP contribution in [0.3, 0.4) is 0 Å². The molecule has 0 aliphatic carbocycles. The molecule has 0 aliphatic heterocycles. The summed E-state index contributed by atoms with van der Waals surface area (Å²) in [5, 5.41) is 4.16. The highest BCUT2D eigenvalue weighted by Crippen LogP contribution is 2.29. The van der Waals surface area contributed by atoms with E-state index in [4.69, 9.17) is 4.42 Å². The number of aryl methyl sites for hydroxylation is 2. The minimum atomic E-state index is 0.780. The topological polar surface area (TPSA) is 51.0 Å². The van der Waals surface area contributed by atoms with Crippen molar-refractivity contribution in [1.82, 2.24) is 9.97 Å². The molecule has 0 fully saturated rings. The van der Waals surface area contributed by atoms with Gasteiger partial charge in [0.1, 0.15) is 22.9 Å². The summed E-state index contributed by atoms with van der Waals surface area (Å²) >= 11 is 0. The van der Waals surface area contributed by atoms with E-state index in [1.54, 1.807) is 0 Å². The molecule has 0 aliphatic rings. The number of anilines is 1. The van der Waals surface area contributed by atoms with Crippen LogP contribution in [0, 0.1) is 6.92 Å². The van der Waals surface area contributed by atoms with Crippen LogP contribution >= 0.6 is 0 Å². The maximum absolute atomic E-state index is 5.97. The predicted octanol–water partition coefficient (Wildman–Crippen LogP) is 3.80. The first-order valence-corrected chi connectivity index (χ1v) is 6.76. The van der Waals surface area contributed by atoms with Crippen LogP contribution in [0.5, 0.6) is 0 Å². The highest BCUT2D eigenvalue weighted by molar-refractivity contribution is 5.84. The smallest absolute Gasteiger partial charge is 0.154 e. The Morgan fingerprint density at radius 1 is 1.20 bits per heavy atom.